The number of benzene rings is 2. The van der Waals surface area contributed by atoms with Crippen LogP contribution in [0.2, 0.25) is 5.21 Å². The van der Waals surface area contributed by atoms with Gasteiger partial charge >= 0.3 is 199 Å². The molecule has 0 fully saturated rings. The Balaban J connectivity index is 1.61. The third-order valence-electron chi connectivity index (χ3n) is 6.36. The number of hydrogen-bond donors (Lipinski definition) is 0. The van der Waals surface area contributed by atoms with Crippen molar-refractivity contribution in [3.63, 3.8) is 0 Å². The summed E-state index contributed by atoms with van der Waals surface area (Å²) in [5.41, 5.74) is 4.13. The van der Waals surface area contributed by atoms with Gasteiger partial charge in [-0.05, 0) is 6.07 Å². The van der Waals surface area contributed by atoms with Crippen molar-refractivity contribution in [2.24, 2.45) is 7.05 Å². The van der Waals surface area contributed by atoms with Gasteiger partial charge in [0.05, 0.1) is 0 Å². The molecule has 2 aromatic carbocycles. The van der Waals surface area contributed by atoms with Gasteiger partial charge in [-0.3, -0.25) is 4.98 Å². The molecule has 3 heterocycles. The summed E-state index contributed by atoms with van der Waals surface area (Å²) in [6.45, 7) is 2.98. The number of pyridine rings is 2. The minimum atomic E-state index is -0.494. The van der Waals surface area contributed by atoms with E-state index in [9.17, 15) is 9.59 Å². The van der Waals surface area contributed by atoms with Gasteiger partial charge in [0.2, 0.25) is 0 Å². The van der Waals surface area contributed by atoms with Crippen molar-refractivity contribution in [1.29, 1.82) is 0 Å². The molecule has 5 rings (SSSR count). The van der Waals surface area contributed by atoms with Crippen molar-refractivity contribution in [3.8, 4) is 5.75 Å². The standard InChI is InChI=1S/C28H26AsN4O3/c1-17-20-9-12-31-25(27(34)29-10-13-32(2)3)22(20)15-23-21-14-19(7-8-24(21)33(4)26(17)23)36-28(35)18-6-5-11-30-16-18/h5-9,11-12,14-16H,10,13H2,1-4H3. The van der Waals surface area contributed by atoms with E-state index in [1.165, 1.54) is 6.20 Å². The molecule has 3 aromatic heterocycles. The molecule has 0 bridgehead atoms. The number of carbonyl (C=O) groups excluding carboxylic acids is 2. The van der Waals surface area contributed by atoms with E-state index < -0.39 is 21.7 Å². The van der Waals surface area contributed by atoms with Crippen molar-refractivity contribution in [3.05, 3.63) is 77.9 Å². The van der Waals surface area contributed by atoms with Crippen molar-refractivity contribution < 1.29 is 14.3 Å². The summed E-state index contributed by atoms with van der Waals surface area (Å²) in [5.74, 6) is 0.000228. The molecule has 36 heavy (non-hydrogen) atoms. The number of aromatic nitrogens is 3. The monoisotopic (exact) mass is 541 g/mol. The molecule has 5 aromatic rings. The first-order valence-electron chi connectivity index (χ1n) is 11.6. The first kappa shape index (κ1) is 24.2. The number of hydrogen-bond acceptors (Lipinski definition) is 6. The van der Waals surface area contributed by atoms with Crippen LogP contribution in [0.25, 0.3) is 32.6 Å². The zero-order valence-corrected chi connectivity index (χ0v) is 22.5. The Labute approximate surface area is 215 Å². The van der Waals surface area contributed by atoms with E-state index in [0.717, 1.165) is 49.9 Å². The van der Waals surface area contributed by atoms with Crippen LogP contribution in [0.3, 0.4) is 0 Å². The van der Waals surface area contributed by atoms with E-state index in [-0.39, 0.29) is 4.57 Å². The summed E-state index contributed by atoms with van der Waals surface area (Å²) in [5, 5.41) is 4.74. The normalized spacial score (nSPS) is 11.9. The van der Waals surface area contributed by atoms with Gasteiger partial charge in [-0.15, -0.1) is 0 Å². The third kappa shape index (κ3) is 4.41. The fourth-order valence-corrected chi connectivity index (χ4v) is 6.74. The molecule has 0 amide bonds. The summed E-state index contributed by atoms with van der Waals surface area (Å²) in [6, 6.07) is 13.1. The molecule has 0 aliphatic rings. The number of esters is 1. The van der Waals surface area contributed by atoms with Gasteiger partial charge < -0.3 is 0 Å². The summed E-state index contributed by atoms with van der Waals surface area (Å²) in [7, 11) is 6.07. The molecule has 0 aliphatic heterocycles. The van der Waals surface area contributed by atoms with Crippen molar-refractivity contribution in [1.82, 2.24) is 19.4 Å². The van der Waals surface area contributed by atoms with E-state index >= 15 is 0 Å². The number of carbonyl (C=O) groups is 2. The van der Waals surface area contributed by atoms with Crippen LogP contribution in [0, 0.1) is 6.92 Å². The molecule has 181 valence electrons. The van der Waals surface area contributed by atoms with Crippen LogP contribution in [0.4, 0.5) is 0 Å². The van der Waals surface area contributed by atoms with Gasteiger partial charge in [0.15, 0.2) is 0 Å². The van der Waals surface area contributed by atoms with Crippen molar-refractivity contribution in [2.45, 2.75) is 12.1 Å². The number of aryl methyl sites for hydroxylation is 2. The van der Waals surface area contributed by atoms with E-state index in [1.807, 2.05) is 39.3 Å². The molecule has 0 atom stereocenters. The Morgan fingerprint density at radius 1 is 1.03 bits per heavy atom. The van der Waals surface area contributed by atoms with Gasteiger partial charge in [0, 0.05) is 6.20 Å². The summed E-state index contributed by atoms with van der Waals surface area (Å²) in [6.07, 6.45) is 4.84. The molecule has 0 saturated carbocycles. The van der Waals surface area contributed by atoms with Crippen molar-refractivity contribution in [2.75, 3.05) is 20.6 Å². The zero-order valence-electron chi connectivity index (χ0n) is 20.6. The quantitative estimate of drug-likeness (QED) is 0.170. The summed E-state index contributed by atoms with van der Waals surface area (Å²) < 4.78 is 7.95. The second-order valence-corrected chi connectivity index (χ2v) is 11.5. The molecular formula is C28H26AsN4O3. The van der Waals surface area contributed by atoms with Crippen LogP contribution in [-0.4, -0.2) is 66.4 Å². The molecular weight excluding hydrogens is 515 g/mol. The Morgan fingerprint density at radius 3 is 2.61 bits per heavy atom. The molecule has 0 unspecified atom stereocenters. The number of fused-ring (bicyclic) bond motifs is 4. The van der Waals surface area contributed by atoms with Crippen LogP contribution in [0.5, 0.6) is 5.75 Å². The molecule has 0 spiro atoms. The third-order valence-corrected chi connectivity index (χ3v) is 8.30. The van der Waals surface area contributed by atoms with Crippen LogP contribution < -0.4 is 4.74 Å². The van der Waals surface area contributed by atoms with Crippen LogP contribution in [-0.2, 0) is 7.05 Å². The van der Waals surface area contributed by atoms with E-state index in [1.54, 1.807) is 30.6 Å². The zero-order chi connectivity index (χ0) is 25.4. The Kier molecular flexibility index (Phi) is 6.61. The molecule has 0 saturated heterocycles. The molecule has 0 N–H and O–H groups in total. The predicted octanol–water partition coefficient (Wildman–Crippen LogP) is 4.63. The van der Waals surface area contributed by atoms with Gasteiger partial charge in [0.25, 0.3) is 0 Å². The van der Waals surface area contributed by atoms with Crippen molar-refractivity contribution >= 4 is 58.9 Å². The maximum absolute atomic E-state index is 13.2. The van der Waals surface area contributed by atoms with Crippen LogP contribution in [0.15, 0.2) is 61.1 Å². The molecule has 8 heteroatoms. The first-order valence-corrected chi connectivity index (χ1v) is 13.9. The van der Waals surface area contributed by atoms with E-state index in [2.05, 4.69) is 32.4 Å². The van der Waals surface area contributed by atoms with Gasteiger partial charge in [-0.25, -0.2) is 0 Å². The maximum atomic E-state index is 13.2. The van der Waals surface area contributed by atoms with Crippen LogP contribution >= 0.6 is 0 Å². The number of ether oxygens (including phenoxy) is 1. The average Bonchev–Trinajstić information content (AvgIpc) is 3.15. The Morgan fingerprint density at radius 2 is 1.86 bits per heavy atom. The topological polar surface area (TPSA) is 77.3 Å². The molecule has 1 radical (unpaired) electrons. The molecule has 7 nitrogen and oxygen atoms in total. The minimum absolute atomic E-state index is 0.142. The fraction of sp³-hybridized carbons (Fsp3) is 0.214. The van der Waals surface area contributed by atoms with Gasteiger partial charge in [0.1, 0.15) is 0 Å². The summed E-state index contributed by atoms with van der Waals surface area (Å²) >= 11 is -0.494. The second-order valence-electron chi connectivity index (χ2n) is 9.01. The number of rotatable bonds is 7. The predicted molar refractivity (Wildman–Crippen MR) is 143 cm³/mol. The van der Waals surface area contributed by atoms with Gasteiger partial charge in [-0.2, -0.15) is 0 Å². The van der Waals surface area contributed by atoms with Gasteiger partial charge in [-0.1, -0.05) is 0 Å². The Bertz CT molecular complexity index is 1630. The summed E-state index contributed by atoms with van der Waals surface area (Å²) in [4.78, 5) is 36.3. The molecule has 0 aliphatic carbocycles. The Hall–Kier alpha value is -3.54. The first-order chi connectivity index (χ1) is 17.3. The SMILES string of the molecule is Cc1c2ccnc(C(=O)[As]CCN(C)C)c2cc2c3cc(OC(=O)c4cccnc4)ccc3n(C)c12. The second kappa shape index (κ2) is 9.84. The van der Waals surface area contributed by atoms with E-state index in [0.29, 0.717) is 17.0 Å². The van der Waals surface area contributed by atoms with E-state index in [4.69, 9.17) is 4.74 Å². The number of nitrogens with zero attached hydrogens (tertiary/aromatic N) is 4. The average molecular weight is 541 g/mol. The fourth-order valence-electron chi connectivity index (χ4n) is 4.58. The van der Waals surface area contributed by atoms with Crippen LogP contribution in [0.1, 0.15) is 26.4 Å².